The van der Waals surface area contributed by atoms with Crippen LogP contribution in [0.4, 0.5) is 11.4 Å². The minimum atomic E-state index is 0.0893. The Balaban J connectivity index is 1.95. The van der Waals surface area contributed by atoms with Gasteiger partial charge in [-0.25, -0.2) is 0 Å². The molecule has 1 atom stereocenters. The highest BCUT2D eigenvalue weighted by Gasteiger charge is 2.26. The van der Waals surface area contributed by atoms with Crippen LogP contribution in [-0.4, -0.2) is 16.8 Å². The van der Waals surface area contributed by atoms with Crippen LogP contribution in [0.25, 0.3) is 0 Å². The summed E-state index contributed by atoms with van der Waals surface area (Å²) in [4.78, 5) is 18.2. The summed E-state index contributed by atoms with van der Waals surface area (Å²) in [5.41, 5.74) is 4.22. The summed E-state index contributed by atoms with van der Waals surface area (Å²) in [5.74, 6) is 0.0893. The molecular formula is C17H18N2O. The molecule has 0 spiro atoms. The maximum absolute atomic E-state index is 11.6. The van der Waals surface area contributed by atoms with Crippen LogP contribution in [0.15, 0.2) is 42.6 Å². The van der Waals surface area contributed by atoms with Gasteiger partial charge in [-0.3, -0.25) is 9.78 Å². The average molecular weight is 266 g/mol. The number of hydrogen-bond acceptors (Lipinski definition) is 3. The van der Waals surface area contributed by atoms with Crippen molar-refractivity contribution in [3.05, 3.63) is 53.9 Å². The van der Waals surface area contributed by atoms with Crippen LogP contribution in [0, 0.1) is 0 Å². The van der Waals surface area contributed by atoms with Crippen LogP contribution in [0.3, 0.4) is 0 Å². The molecule has 1 aromatic heterocycles. The van der Waals surface area contributed by atoms with E-state index in [1.807, 2.05) is 25.3 Å². The second-order valence-electron chi connectivity index (χ2n) is 5.23. The van der Waals surface area contributed by atoms with Crippen LogP contribution in [0.2, 0.25) is 0 Å². The van der Waals surface area contributed by atoms with Gasteiger partial charge in [-0.15, -0.1) is 0 Å². The second kappa shape index (κ2) is 5.08. The average Bonchev–Trinajstić information content (AvgIpc) is 2.82. The lowest BCUT2D eigenvalue weighted by Gasteiger charge is -2.24. The first-order chi connectivity index (χ1) is 9.70. The molecule has 0 bridgehead atoms. The van der Waals surface area contributed by atoms with Crippen LogP contribution in [0.1, 0.15) is 36.3 Å². The van der Waals surface area contributed by atoms with E-state index in [0.29, 0.717) is 18.2 Å². The van der Waals surface area contributed by atoms with Crippen molar-refractivity contribution in [2.75, 3.05) is 4.90 Å². The van der Waals surface area contributed by atoms with Crippen LogP contribution >= 0.6 is 0 Å². The number of anilines is 2. The van der Waals surface area contributed by atoms with E-state index >= 15 is 0 Å². The zero-order chi connectivity index (χ0) is 14.1. The molecule has 0 amide bonds. The lowest BCUT2D eigenvalue weighted by atomic mass is 10.1. The molecule has 3 heteroatoms. The number of ketones is 1. The monoisotopic (exact) mass is 266 g/mol. The predicted molar refractivity (Wildman–Crippen MR) is 80.6 cm³/mol. The predicted octanol–water partition coefficient (Wildman–Crippen LogP) is 3.76. The minimum Gasteiger partial charge on any atom is -0.337 e. The first-order valence-corrected chi connectivity index (χ1v) is 7.07. The molecule has 3 rings (SSSR count). The lowest BCUT2D eigenvalue weighted by molar-refractivity contribution is 0.0983. The number of carbonyl (C=O) groups is 1. The summed E-state index contributed by atoms with van der Waals surface area (Å²) in [5, 5.41) is 0. The topological polar surface area (TPSA) is 33.2 Å². The first kappa shape index (κ1) is 12.9. The minimum absolute atomic E-state index is 0.0893. The number of benzene rings is 1. The van der Waals surface area contributed by atoms with Gasteiger partial charge >= 0.3 is 0 Å². The van der Waals surface area contributed by atoms with E-state index in [9.17, 15) is 4.79 Å². The van der Waals surface area contributed by atoms with E-state index < -0.39 is 0 Å². The molecule has 0 radical (unpaired) electrons. The van der Waals surface area contributed by atoms with Crippen molar-refractivity contribution < 1.29 is 4.79 Å². The normalized spacial score (nSPS) is 17.1. The van der Waals surface area contributed by atoms with E-state index in [-0.39, 0.29) is 5.78 Å². The first-order valence-electron chi connectivity index (χ1n) is 7.07. The fourth-order valence-corrected chi connectivity index (χ4v) is 2.83. The highest BCUT2D eigenvalue weighted by atomic mass is 16.1. The fraction of sp³-hybridized carbons (Fsp3) is 0.294. The quantitative estimate of drug-likeness (QED) is 0.793. The van der Waals surface area contributed by atoms with E-state index in [4.69, 9.17) is 0 Å². The van der Waals surface area contributed by atoms with Crippen molar-refractivity contribution in [3.63, 3.8) is 0 Å². The Bertz CT molecular complexity index is 634. The summed E-state index contributed by atoms with van der Waals surface area (Å²) in [6.45, 7) is 4.07. The lowest BCUT2D eigenvalue weighted by Crippen LogP contribution is -2.24. The maximum Gasteiger partial charge on any atom is 0.180 e. The van der Waals surface area contributed by atoms with Gasteiger partial charge in [0.25, 0.3) is 0 Å². The Morgan fingerprint density at radius 2 is 2.10 bits per heavy atom. The third kappa shape index (κ3) is 2.09. The molecule has 1 aromatic carbocycles. The molecule has 3 nitrogen and oxygen atoms in total. The summed E-state index contributed by atoms with van der Waals surface area (Å²) in [7, 11) is 0. The molecular weight excluding hydrogens is 248 g/mol. The van der Waals surface area contributed by atoms with Gasteiger partial charge in [0.15, 0.2) is 5.78 Å². The zero-order valence-electron chi connectivity index (χ0n) is 11.8. The number of fused-ring (bicyclic) bond motifs is 1. The third-order valence-electron chi connectivity index (χ3n) is 3.84. The van der Waals surface area contributed by atoms with Gasteiger partial charge in [0.1, 0.15) is 5.69 Å². The van der Waals surface area contributed by atoms with Crippen molar-refractivity contribution in [2.45, 2.75) is 32.7 Å². The molecule has 102 valence electrons. The molecule has 0 aliphatic carbocycles. The summed E-state index contributed by atoms with van der Waals surface area (Å²) < 4.78 is 0. The van der Waals surface area contributed by atoms with E-state index in [1.54, 1.807) is 0 Å². The highest BCUT2D eigenvalue weighted by molar-refractivity contribution is 5.94. The molecule has 1 unspecified atom stereocenters. The van der Waals surface area contributed by atoms with Gasteiger partial charge in [-0.05, 0) is 37.1 Å². The molecule has 20 heavy (non-hydrogen) atoms. The molecule has 1 aliphatic rings. The number of carbonyl (C=O) groups excluding carboxylic acids is 1. The third-order valence-corrected chi connectivity index (χ3v) is 3.84. The number of aromatic nitrogens is 1. The number of hydrogen-bond donors (Lipinski definition) is 0. The van der Waals surface area contributed by atoms with Crippen molar-refractivity contribution in [1.29, 1.82) is 0 Å². The zero-order valence-corrected chi connectivity index (χ0v) is 11.8. The molecule has 2 aromatic rings. The van der Waals surface area contributed by atoms with Crippen LogP contribution < -0.4 is 4.90 Å². The molecule has 0 saturated carbocycles. The van der Waals surface area contributed by atoms with Gasteiger partial charge in [0.05, 0.1) is 11.9 Å². The second-order valence-corrected chi connectivity index (χ2v) is 5.23. The molecule has 2 heterocycles. The Hall–Kier alpha value is -2.16. The number of pyridine rings is 1. The van der Waals surface area contributed by atoms with Gasteiger partial charge in [0.2, 0.25) is 0 Å². The van der Waals surface area contributed by atoms with Crippen molar-refractivity contribution in [3.8, 4) is 0 Å². The van der Waals surface area contributed by atoms with E-state index in [1.165, 1.54) is 11.3 Å². The number of Topliss-reactive ketones (excluding diaryl/α,β-unsaturated/α-hetero) is 1. The van der Waals surface area contributed by atoms with E-state index in [0.717, 1.165) is 12.1 Å². The van der Waals surface area contributed by atoms with Gasteiger partial charge in [-0.1, -0.05) is 25.1 Å². The summed E-state index contributed by atoms with van der Waals surface area (Å²) in [6, 6.07) is 12.7. The summed E-state index contributed by atoms with van der Waals surface area (Å²) in [6.07, 6.45) is 3.35. The molecule has 0 fully saturated rings. The Labute approximate surface area is 119 Å². The smallest absolute Gasteiger partial charge is 0.180 e. The number of nitrogens with zero attached hydrogens (tertiary/aromatic N) is 2. The SMILES string of the molecule is CCC(=O)c1ccc(N2c3ccccc3CC2C)cn1. The largest absolute Gasteiger partial charge is 0.337 e. The Morgan fingerprint density at radius 1 is 1.30 bits per heavy atom. The van der Waals surface area contributed by atoms with Crippen molar-refractivity contribution in [2.24, 2.45) is 0 Å². The van der Waals surface area contributed by atoms with Gasteiger partial charge < -0.3 is 4.90 Å². The Morgan fingerprint density at radius 3 is 2.80 bits per heavy atom. The Kier molecular flexibility index (Phi) is 3.26. The van der Waals surface area contributed by atoms with Gasteiger partial charge in [-0.2, -0.15) is 0 Å². The highest BCUT2D eigenvalue weighted by Crippen LogP contribution is 2.37. The molecule has 1 aliphatic heterocycles. The van der Waals surface area contributed by atoms with Crippen LogP contribution in [-0.2, 0) is 6.42 Å². The van der Waals surface area contributed by atoms with Crippen LogP contribution in [0.5, 0.6) is 0 Å². The molecule has 0 N–H and O–H groups in total. The van der Waals surface area contributed by atoms with Gasteiger partial charge in [0, 0.05) is 18.2 Å². The number of rotatable bonds is 3. The maximum atomic E-state index is 11.6. The number of para-hydroxylation sites is 1. The van der Waals surface area contributed by atoms with Crippen molar-refractivity contribution >= 4 is 17.2 Å². The standard InChI is InChI=1S/C17H18N2O/c1-3-17(20)15-9-8-14(11-18-15)19-12(2)10-13-6-4-5-7-16(13)19/h4-9,11-12H,3,10H2,1-2H3. The molecule has 0 saturated heterocycles. The fourth-order valence-electron chi connectivity index (χ4n) is 2.83. The summed E-state index contributed by atoms with van der Waals surface area (Å²) >= 11 is 0. The van der Waals surface area contributed by atoms with Crippen molar-refractivity contribution in [1.82, 2.24) is 4.98 Å². The van der Waals surface area contributed by atoms with E-state index in [2.05, 4.69) is 41.1 Å².